The number of methoxy groups -OCH3 is 1. The molecule has 1 unspecified atom stereocenters. The van der Waals surface area contributed by atoms with Crippen molar-refractivity contribution in [3.63, 3.8) is 0 Å². The van der Waals surface area contributed by atoms with Crippen LogP contribution in [0.5, 0.6) is 0 Å². The summed E-state index contributed by atoms with van der Waals surface area (Å²) in [6.45, 7) is 1.48. The van der Waals surface area contributed by atoms with Crippen molar-refractivity contribution in [2.75, 3.05) is 11.8 Å². The van der Waals surface area contributed by atoms with E-state index in [0.717, 1.165) is 11.6 Å². The third-order valence-corrected chi connectivity index (χ3v) is 6.32. The molecule has 1 amide bonds. The number of hydrogen-bond donors (Lipinski definition) is 2. The monoisotopic (exact) mass is 470 g/mol. The van der Waals surface area contributed by atoms with Gasteiger partial charge >= 0.3 is 5.97 Å². The Morgan fingerprint density at radius 3 is 2.27 bits per heavy atom. The van der Waals surface area contributed by atoms with Crippen LogP contribution >= 0.6 is 0 Å². The van der Waals surface area contributed by atoms with Crippen LogP contribution in [0.15, 0.2) is 77.7 Å². The second-order valence-electron chi connectivity index (χ2n) is 7.31. The number of amides is 1. The molecule has 0 aromatic heterocycles. The van der Waals surface area contributed by atoms with E-state index in [0.29, 0.717) is 0 Å². The number of ether oxygens (including phenoxy) is 1. The molecule has 172 valence electrons. The van der Waals surface area contributed by atoms with Crippen molar-refractivity contribution >= 4 is 27.6 Å². The number of sulfonamides is 1. The molecule has 33 heavy (non-hydrogen) atoms. The normalized spacial score (nSPS) is 12.0. The van der Waals surface area contributed by atoms with Crippen LogP contribution in [0, 0.1) is 12.7 Å². The molecule has 0 bridgehead atoms. The van der Waals surface area contributed by atoms with Crippen molar-refractivity contribution in [3.05, 3.63) is 95.3 Å². The van der Waals surface area contributed by atoms with Crippen molar-refractivity contribution in [2.24, 2.45) is 0 Å². The van der Waals surface area contributed by atoms with Crippen LogP contribution in [0.2, 0.25) is 0 Å². The zero-order chi connectivity index (χ0) is 24.0. The maximum Gasteiger partial charge on any atom is 0.307 e. The zero-order valence-corrected chi connectivity index (χ0v) is 18.9. The molecular formula is C24H23FN2O5S. The number of halogens is 1. The number of aryl methyl sites for hydroxylation is 1. The summed E-state index contributed by atoms with van der Waals surface area (Å²) in [7, 11) is -2.65. The van der Waals surface area contributed by atoms with Gasteiger partial charge in [0.15, 0.2) is 0 Å². The average molecular weight is 471 g/mol. The number of rotatable bonds is 8. The van der Waals surface area contributed by atoms with E-state index in [1.165, 1.54) is 50.4 Å². The van der Waals surface area contributed by atoms with E-state index >= 15 is 0 Å². The van der Waals surface area contributed by atoms with Crippen LogP contribution in [-0.2, 0) is 19.6 Å². The van der Waals surface area contributed by atoms with E-state index in [4.69, 9.17) is 4.74 Å². The molecular weight excluding hydrogens is 447 g/mol. The number of hydrogen-bond acceptors (Lipinski definition) is 5. The fourth-order valence-corrected chi connectivity index (χ4v) is 4.26. The van der Waals surface area contributed by atoms with E-state index in [1.54, 1.807) is 24.3 Å². The molecule has 9 heteroatoms. The van der Waals surface area contributed by atoms with Gasteiger partial charge in [-0.05, 0) is 60.5 Å². The molecule has 0 radical (unpaired) electrons. The lowest BCUT2D eigenvalue weighted by Gasteiger charge is -2.18. The van der Waals surface area contributed by atoms with Crippen LogP contribution in [0.4, 0.5) is 10.1 Å². The fraction of sp³-hybridized carbons (Fsp3) is 0.167. The lowest BCUT2D eigenvalue weighted by molar-refractivity contribution is -0.141. The van der Waals surface area contributed by atoms with E-state index in [2.05, 4.69) is 10.0 Å². The molecule has 0 aliphatic heterocycles. The molecule has 0 fully saturated rings. The van der Waals surface area contributed by atoms with Gasteiger partial charge in [0, 0.05) is 11.3 Å². The van der Waals surface area contributed by atoms with E-state index in [-0.39, 0.29) is 28.1 Å². The molecule has 3 aromatic carbocycles. The molecule has 7 nitrogen and oxygen atoms in total. The number of nitrogens with one attached hydrogen (secondary N) is 2. The van der Waals surface area contributed by atoms with Gasteiger partial charge < -0.3 is 10.1 Å². The number of carbonyl (C=O) groups excluding carboxylic acids is 2. The molecule has 1 atom stereocenters. The van der Waals surface area contributed by atoms with Gasteiger partial charge in [0.25, 0.3) is 15.9 Å². The molecule has 0 heterocycles. The molecule has 3 rings (SSSR count). The maximum absolute atomic E-state index is 13.4. The Hall–Kier alpha value is -3.72. The standard InChI is InChI=1S/C24H23FN2O5S/c1-16-14-20(12-13-21(16)25)33(30,31)27-19-10-8-18(9-11-19)24(29)26-22(15-23(28)32-2)17-6-4-3-5-7-17/h3-14,22,27H,15H2,1-2H3,(H,26,29). The lowest BCUT2D eigenvalue weighted by atomic mass is 10.0. The molecule has 0 saturated carbocycles. The SMILES string of the molecule is COC(=O)CC(NC(=O)c1ccc(NS(=O)(=O)c2ccc(F)c(C)c2)cc1)c1ccccc1. The van der Waals surface area contributed by atoms with Gasteiger partial charge in [-0.3, -0.25) is 14.3 Å². The molecule has 0 aliphatic carbocycles. The zero-order valence-electron chi connectivity index (χ0n) is 18.0. The van der Waals surface area contributed by atoms with Gasteiger partial charge in [0.1, 0.15) is 5.82 Å². The van der Waals surface area contributed by atoms with Crippen LogP contribution in [0.3, 0.4) is 0 Å². The summed E-state index contributed by atoms with van der Waals surface area (Å²) in [4.78, 5) is 24.5. The second-order valence-corrected chi connectivity index (χ2v) is 8.99. The summed E-state index contributed by atoms with van der Waals surface area (Å²) in [6, 6.07) is 17.8. The van der Waals surface area contributed by atoms with Crippen molar-refractivity contribution in [2.45, 2.75) is 24.3 Å². The summed E-state index contributed by atoms with van der Waals surface area (Å²) in [5.74, 6) is -1.40. The van der Waals surface area contributed by atoms with Gasteiger partial charge in [-0.1, -0.05) is 30.3 Å². The predicted molar refractivity (Wildman–Crippen MR) is 122 cm³/mol. The van der Waals surface area contributed by atoms with Crippen molar-refractivity contribution in [1.29, 1.82) is 0 Å². The third-order valence-electron chi connectivity index (χ3n) is 4.94. The van der Waals surface area contributed by atoms with Gasteiger partial charge in [-0.15, -0.1) is 0 Å². The summed E-state index contributed by atoms with van der Waals surface area (Å²) in [5.41, 5.74) is 1.48. The number of anilines is 1. The Bertz CT molecular complexity index is 1250. The minimum atomic E-state index is -3.93. The first-order valence-electron chi connectivity index (χ1n) is 10.0. The Morgan fingerprint density at radius 2 is 1.67 bits per heavy atom. The second kappa shape index (κ2) is 10.3. The highest BCUT2D eigenvalue weighted by Gasteiger charge is 2.20. The minimum Gasteiger partial charge on any atom is -0.469 e. The Balaban J connectivity index is 1.73. The summed E-state index contributed by atoms with van der Waals surface area (Å²) >= 11 is 0. The molecule has 2 N–H and O–H groups in total. The average Bonchev–Trinajstić information content (AvgIpc) is 2.81. The Labute approximate surface area is 191 Å². The number of esters is 1. The van der Waals surface area contributed by atoms with E-state index in [9.17, 15) is 22.4 Å². The highest BCUT2D eigenvalue weighted by molar-refractivity contribution is 7.92. The first-order valence-corrected chi connectivity index (χ1v) is 11.5. The smallest absolute Gasteiger partial charge is 0.307 e. The van der Waals surface area contributed by atoms with Crippen molar-refractivity contribution in [1.82, 2.24) is 5.32 Å². The van der Waals surface area contributed by atoms with Crippen LogP contribution in [0.1, 0.15) is 33.9 Å². The largest absolute Gasteiger partial charge is 0.469 e. The van der Waals surface area contributed by atoms with Gasteiger partial charge in [0.2, 0.25) is 0 Å². The van der Waals surface area contributed by atoms with E-state index < -0.39 is 33.8 Å². The fourth-order valence-electron chi connectivity index (χ4n) is 3.12. The predicted octanol–water partition coefficient (Wildman–Crippen LogP) is 3.97. The highest BCUT2D eigenvalue weighted by Crippen LogP contribution is 2.21. The van der Waals surface area contributed by atoms with Gasteiger partial charge in [0.05, 0.1) is 24.5 Å². The number of benzene rings is 3. The lowest BCUT2D eigenvalue weighted by Crippen LogP contribution is -2.30. The highest BCUT2D eigenvalue weighted by atomic mass is 32.2. The first-order chi connectivity index (χ1) is 15.7. The van der Waals surface area contributed by atoms with Gasteiger partial charge in [-0.2, -0.15) is 0 Å². The Morgan fingerprint density at radius 1 is 1.00 bits per heavy atom. The molecule has 0 saturated heterocycles. The van der Waals surface area contributed by atoms with Crippen molar-refractivity contribution < 1.29 is 27.1 Å². The summed E-state index contributed by atoms with van der Waals surface area (Å²) in [6.07, 6.45) is -0.0405. The first kappa shape index (κ1) is 23.9. The van der Waals surface area contributed by atoms with Crippen LogP contribution in [-0.4, -0.2) is 27.4 Å². The van der Waals surface area contributed by atoms with Gasteiger partial charge in [-0.25, -0.2) is 12.8 Å². The van der Waals surface area contributed by atoms with Crippen molar-refractivity contribution in [3.8, 4) is 0 Å². The topological polar surface area (TPSA) is 102 Å². The molecule has 0 spiro atoms. The Kier molecular flexibility index (Phi) is 7.44. The summed E-state index contributed by atoms with van der Waals surface area (Å²) in [5, 5.41) is 2.81. The number of carbonyl (C=O) groups is 2. The molecule has 3 aromatic rings. The minimum absolute atomic E-state index is 0.0405. The third kappa shape index (κ3) is 6.17. The quantitative estimate of drug-likeness (QED) is 0.485. The molecule has 0 aliphatic rings. The van der Waals surface area contributed by atoms with Crippen LogP contribution in [0.25, 0.3) is 0 Å². The van der Waals surface area contributed by atoms with E-state index in [1.807, 2.05) is 6.07 Å². The maximum atomic E-state index is 13.4. The van der Waals surface area contributed by atoms with Crippen LogP contribution < -0.4 is 10.0 Å². The summed E-state index contributed by atoms with van der Waals surface area (Å²) < 4.78 is 45.7.